The molecule has 1 aromatic heterocycles. The SMILES string of the molecule is Cc1oc(S(=N)(=O)NC(=O)Nc2c3c(cc4c2CCC4)CCC3)cc1C(=O)O. The number of fused-ring (bicyclic) bond motifs is 2. The van der Waals surface area contributed by atoms with Gasteiger partial charge < -0.3 is 14.8 Å². The zero-order chi connectivity index (χ0) is 20.1. The van der Waals surface area contributed by atoms with Crippen LogP contribution in [0.2, 0.25) is 0 Å². The molecule has 0 saturated carbocycles. The van der Waals surface area contributed by atoms with Crippen molar-refractivity contribution < 1.29 is 23.3 Å². The second-order valence-corrected chi connectivity index (χ2v) is 8.91. The summed E-state index contributed by atoms with van der Waals surface area (Å²) in [7, 11) is -3.83. The fourth-order valence-corrected chi connectivity index (χ4v) is 5.03. The number of urea groups is 1. The van der Waals surface area contributed by atoms with Crippen molar-refractivity contribution in [3.05, 3.63) is 45.7 Å². The monoisotopic (exact) mass is 403 g/mol. The van der Waals surface area contributed by atoms with Gasteiger partial charge in [0.2, 0.25) is 5.09 Å². The highest BCUT2D eigenvalue weighted by atomic mass is 32.2. The Balaban J connectivity index is 1.59. The second kappa shape index (κ2) is 6.66. The molecule has 4 N–H and O–H groups in total. The number of benzene rings is 1. The van der Waals surface area contributed by atoms with Crippen LogP contribution < -0.4 is 10.0 Å². The van der Waals surface area contributed by atoms with Crippen molar-refractivity contribution in [1.82, 2.24) is 4.72 Å². The summed E-state index contributed by atoms with van der Waals surface area (Å²) in [5.41, 5.74) is 5.32. The van der Waals surface area contributed by atoms with Crippen LogP contribution in [0, 0.1) is 11.7 Å². The van der Waals surface area contributed by atoms with Gasteiger partial charge in [-0.2, -0.15) is 0 Å². The van der Waals surface area contributed by atoms with Crippen molar-refractivity contribution in [2.45, 2.75) is 50.5 Å². The van der Waals surface area contributed by atoms with Gasteiger partial charge in [-0.05, 0) is 67.7 Å². The van der Waals surface area contributed by atoms with E-state index in [1.165, 1.54) is 18.1 Å². The van der Waals surface area contributed by atoms with Gasteiger partial charge in [0.25, 0.3) is 0 Å². The number of carbonyl (C=O) groups is 2. The predicted molar refractivity (Wildman–Crippen MR) is 102 cm³/mol. The molecule has 0 saturated heterocycles. The predicted octanol–water partition coefficient (Wildman–Crippen LogP) is 3.41. The standard InChI is InChI=1S/C19H21N3O5S/c1-10-15(18(23)24)9-16(27-10)28(20,26)22-19(25)21-17-13-6-2-4-11(13)8-12-5-3-7-14(12)17/h8-9H,2-7H2,1H3,(H,23,24)(H3,20,21,22,25,26). The highest BCUT2D eigenvalue weighted by Crippen LogP contribution is 2.38. The third-order valence-corrected chi connectivity index (χ3v) is 6.60. The molecule has 1 aromatic carbocycles. The Morgan fingerprint density at radius 3 is 2.25 bits per heavy atom. The summed E-state index contributed by atoms with van der Waals surface area (Å²) in [6.07, 6.45) is 5.80. The molecule has 0 bridgehead atoms. The molecule has 0 radical (unpaired) electrons. The molecule has 1 heterocycles. The van der Waals surface area contributed by atoms with Crippen LogP contribution in [-0.4, -0.2) is 21.3 Å². The lowest BCUT2D eigenvalue weighted by Gasteiger charge is -2.16. The molecular weight excluding hydrogens is 382 g/mol. The van der Waals surface area contributed by atoms with Gasteiger partial charge in [0.15, 0.2) is 9.92 Å². The Morgan fingerprint density at radius 2 is 1.71 bits per heavy atom. The van der Waals surface area contributed by atoms with Crippen LogP contribution in [0.1, 0.15) is 51.2 Å². The molecule has 2 aliphatic carbocycles. The largest absolute Gasteiger partial charge is 0.478 e. The van der Waals surface area contributed by atoms with E-state index in [1.807, 2.05) is 0 Å². The highest BCUT2D eigenvalue weighted by molar-refractivity contribution is 7.91. The lowest BCUT2D eigenvalue weighted by molar-refractivity contribution is 0.0695. The average Bonchev–Trinajstić information content (AvgIpc) is 3.32. The molecule has 2 amide bonds. The maximum atomic E-state index is 12.7. The third-order valence-electron chi connectivity index (χ3n) is 5.36. The molecule has 1 atom stereocenters. The van der Waals surface area contributed by atoms with Gasteiger partial charge >= 0.3 is 12.0 Å². The van der Waals surface area contributed by atoms with Gasteiger partial charge in [-0.1, -0.05) is 6.07 Å². The molecule has 9 heteroatoms. The molecule has 2 aliphatic rings. The first kappa shape index (κ1) is 18.5. The van der Waals surface area contributed by atoms with Crippen LogP contribution in [0.5, 0.6) is 0 Å². The van der Waals surface area contributed by atoms with Crippen LogP contribution in [0.3, 0.4) is 0 Å². The van der Waals surface area contributed by atoms with Gasteiger partial charge in [0, 0.05) is 11.8 Å². The Hall–Kier alpha value is -2.81. The number of aromatic carboxylic acids is 1. The number of nitrogens with one attached hydrogen (secondary N) is 3. The Bertz CT molecular complexity index is 1070. The summed E-state index contributed by atoms with van der Waals surface area (Å²) in [4.78, 5) is 23.7. The molecule has 8 nitrogen and oxygen atoms in total. The lowest BCUT2D eigenvalue weighted by Crippen LogP contribution is -2.34. The summed E-state index contributed by atoms with van der Waals surface area (Å²) in [6.45, 7) is 1.40. The fraction of sp³-hybridized carbons (Fsp3) is 0.368. The van der Waals surface area contributed by atoms with Crippen molar-refractivity contribution in [3.8, 4) is 0 Å². The van der Waals surface area contributed by atoms with Gasteiger partial charge in [0.1, 0.15) is 11.3 Å². The van der Waals surface area contributed by atoms with Gasteiger partial charge in [-0.15, -0.1) is 0 Å². The van der Waals surface area contributed by atoms with E-state index in [9.17, 15) is 13.8 Å². The number of hydrogen-bond acceptors (Lipinski definition) is 5. The summed E-state index contributed by atoms with van der Waals surface area (Å²) < 4.78 is 27.9. The van der Waals surface area contributed by atoms with Crippen molar-refractivity contribution in [2.24, 2.45) is 0 Å². The smallest absolute Gasteiger partial charge is 0.339 e. The van der Waals surface area contributed by atoms with Crippen LogP contribution in [0.25, 0.3) is 0 Å². The number of anilines is 1. The average molecular weight is 403 g/mol. The Morgan fingerprint density at radius 1 is 1.11 bits per heavy atom. The number of hydrogen-bond donors (Lipinski definition) is 4. The minimum absolute atomic E-state index is 0.0309. The van der Waals surface area contributed by atoms with Crippen molar-refractivity contribution in [3.63, 3.8) is 0 Å². The van der Waals surface area contributed by atoms with E-state index in [0.29, 0.717) is 0 Å². The molecular formula is C19H21N3O5S. The zero-order valence-electron chi connectivity index (χ0n) is 15.4. The van der Waals surface area contributed by atoms with E-state index in [0.717, 1.165) is 61.4 Å². The highest BCUT2D eigenvalue weighted by Gasteiger charge is 2.27. The Labute approximate surface area is 162 Å². The number of carboxylic acid groups (broad SMARTS) is 1. The molecule has 2 aromatic rings. The summed E-state index contributed by atoms with van der Waals surface area (Å²) >= 11 is 0. The molecule has 4 rings (SSSR count). The number of rotatable bonds is 4. The van der Waals surface area contributed by atoms with Crippen LogP contribution in [0.4, 0.5) is 10.5 Å². The first-order valence-electron chi connectivity index (χ1n) is 9.14. The van der Waals surface area contributed by atoms with Crippen LogP contribution in [0.15, 0.2) is 21.6 Å². The number of carboxylic acids is 1. The van der Waals surface area contributed by atoms with E-state index in [1.54, 1.807) is 0 Å². The summed E-state index contributed by atoms with van der Waals surface area (Å²) in [5, 5.41) is 11.5. The number of amides is 2. The maximum Gasteiger partial charge on any atom is 0.339 e. The molecule has 0 aliphatic heterocycles. The normalized spacial score (nSPS) is 16.9. The van der Waals surface area contributed by atoms with Crippen LogP contribution in [-0.2, 0) is 35.6 Å². The maximum absolute atomic E-state index is 12.7. The minimum Gasteiger partial charge on any atom is -0.478 e. The molecule has 1 unspecified atom stereocenters. The minimum atomic E-state index is -3.83. The third kappa shape index (κ3) is 3.15. The first-order valence-corrected chi connectivity index (χ1v) is 10.7. The molecule has 0 fully saturated rings. The van der Waals surface area contributed by atoms with E-state index in [4.69, 9.17) is 14.3 Å². The number of aryl methyl sites for hydroxylation is 3. The van der Waals surface area contributed by atoms with Crippen molar-refractivity contribution in [2.75, 3.05) is 5.32 Å². The molecule has 28 heavy (non-hydrogen) atoms. The van der Waals surface area contributed by atoms with Gasteiger partial charge in [-0.3, -0.25) is 0 Å². The number of furan rings is 1. The van der Waals surface area contributed by atoms with Crippen LogP contribution >= 0.6 is 0 Å². The summed E-state index contributed by atoms with van der Waals surface area (Å²) in [5.74, 6) is -1.22. The van der Waals surface area contributed by atoms with Gasteiger partial charge in [0.05, 0.1) is 0 Å². The van der Waals surface area contributed by atoms with E-state index in [-0.39, 0.29) is 16.4 Å². The molecule has 148 valence electrons. The zero-order valence-corrected chi connectivity index (χ0v) is 16.2. The molecule has 0 spiro atoms. The second-order valence-electron chi connectivity index (χ2n) is 7.19. The Kier molecular flexibility index (Phi) is 4.41. The summed E-state index contributed by atoms with van der Waals surface area (Å²) in [6, 6.07) is 2.49. The quantitative estimate of drug-likeness (QED) is 0.621. The fourth-order valence-electron chi connectivity index (χ4n) is 4.10. The lowest BCUT2D eigenvalue weighted by atomic mass is 9.99. The first-order chi connectivity index (χ1) is 13.3. The van der Waals surface area contributed by atoms with E-state index < -0.39 is 21.9 Å². The van der Waals surface area contributed by atoms with E-state index in [2.05, 4.69) is 16.1 Å². The van der Waals surface area contributed by atoms with Gasteiger partial charge in [-0.25, -0.2) is 23.3 Å². The van der Waals surface area contributed by atoms with Crippen molar-refractivity contribution in [1.29, 1.82) is 4.78 Å². The van der Waals surface area contributed by atoms with Crippen molar-refractivity contribution >= 4 is 27.6 Å². The topological polar surface area (TPSA) is 132 Å². The van der Waals surface area contributed by atoms with E-state index >= 15 is 0 Å². The number of carbonyl (C=O) groups excluding carboxylic acids is 1.